The average Bonchev–Trinajstić information content (AvgIpc) is 2.86. The van der Waals surface area contributed by atoms with E-state index in [1.165, 1.54) is 5.69 Å². The second-order valence-electron chi connectivity index (χ2n) is 4.63. The first-order valence-electron chi connectivity index (χ1n) is 5.90. The number of aromatic nitrogens is 1. The number of nitrogens with zero attached hydrogens (tertiary/aromatic N) is 1. The molecule has 0 bridgehead atoms. The van der Waals surface area contributed by atoms with Crippen LogP contribution in [-0.4, -0.2) is 16.5 Å². The highest BCUT2D eigenvalue weighted by Gasteiger charge is 2.22. The molecule has 4 nitrogen and oxygen atoms in total. The number of nitrogens with two attached hydrogens (primary N) is 1. The third kappa shape index (κ3) is 2.58. The van der Waals surface area contributed by atoms with Crippen molar-refractivity contribution in [2.24, 2.45) is 18.7 Å². The summed E-state index contributed by atoms with van der Waals surface area (Å²) in [6.07, 6.45) is 4.52. The number of carbonyl (C=O) groups is 1. The maximum atomic E-state index is 11.9. The molecule has 2 unspecified atom stereocenters. The molecule has 1 aliphatic rings. The molecule has 2 rings (SSSR count). The van der Waals surface area contributed by atoms with E-state index in [1.54, 1.807) is 0 Å². The van der Waals surface area contributed by atoms with Crippen molar-refractivity contribution in [2.45, 2.75) is 25.9 Å². The number of rotatable bonds is 3. The van der Waals surface area contributed by atoms with Crippen molar-refractivity contribution in [2.75, 3.05) is 0 Å². The van der Waals surface area contributed by atoms with Crippen LogP contribution < -0.4 is 11.1 Å². The Balaban J connectivity index is 1.88. The number of aryl methyl sites for hydroxylation is 1. The minimum absolute atomic E-state index is 0.0306. The molecule has 0 aromatic carbocycles. The summed E-state index contributed by atoms with van der Waals surface area (Å²) in [5, 5.41) is 2.95. The first-order chi connectivity index (χ1) is 8.08. The second kappa shape index (κ2) is 4.75. The van der Waals surface area contributed by atoms with Gasteiger partial charge in [-0.05, 0) is 25.5 Å². The van der Waals surface area contributed by atoms with E-state index < -0.39 is 0 Å². The molecule has 4 heteroatoms. The molecule has 92 valence electrons. The Morgan fingerprint density at radius 2 is 2.29 bits per heavy atom. The summed E-state index contributed by atoms with van der Waals surface area (Å²) in [6.45, 7) is 2.62. The van der Waals surface area contributed by atoms with Gasteiger partial charge in [-0.3, -0.25) is 4.79 Å². The van der Waals surface area contributed by atoms with E-state index in [0.29, 0.717) is 6.54 Å². The minimum atomic E-state index is -0.0636. The Morgan fingerprint density at radius 1 is 1.53 bits per heavy atom. The molecular formula is C13H19N3O. The van der Waals surface area contributed by atoms with E-state index in [-0.39, 0.29) is 17.9 Å². The van der Waals surface area contributed by atoms with Crippen LogP contribution in [0.4, 0.5) is 0 Å². The lowest BCUT2D eigenvalue weighted by molar-refractivity contribution is -0.123. The highest BCUT2D eigenvalue weighted by atomic mass is 16.1. The molecule has 1 aromatic heterocycles. The molecule has 0 aliphatic heterocycles. The van der Waals surface area contributed by atoms with Gasteiger partial charge in [0.1, 0.15) is 0 Å². The third-order valence-electron chi connectivity index (χ3n) is 3.37. The Morgan fingerprint density at radius 3 is 2.82 bits per heavy atom. The highest BCUT2D eigenvalue weighted by molar-refractivity contribution is 5.81. The second-order valence-corrected chi connectivity index (χ2v) is 4.63. The Kier molecular flexibility index (Phi) is 3.33. The van der Waals surface area contributed by atoms with Crippen LogP contribution in [0.3, 0.4) is 0 Å². The predicted molar refractivity (Wildman–Crippen MR) is 67.2 cm³/mol. The molecule has 1 aromatic rings. The summed E-state index contributed by atoms with van der Waals surface area (Å²) in [5.74, 6) is -0.000539. The fraction of sp³-hybridized carbons (Fsp3) is 0.462. The lowest BCUT2D eigenvalue weighted by atomic mass is 10.1. The Bertz CT molecular complexity index is 448. The monoisotopic (exact) mass is 233 g/mol. The summed E-state index contributed by atoms with van der Waals surface area (Å²) in [6, 6.07) is 4.11. The van der Waals surface area contributed by atoms with Gasteiger partial charge in [0.2, 0.25) is 5.91 Å². The van der Waals surface area contributed by atoms with Gasteiger partial charge in [-0.15, -0.1) is 0 Å². The van der Waals surface area contributed by atoms with Crippen molar-refractivity contribution in [1.29, 1.82) is 0 Å². The van der Waals surface area contributed by atoms with Crippen LogP contribution in [0.15, 0.2) is 24.3 Å². The molecule has 0 radical (unpaired) electrons. The lowest BCUT2D eigenvalue weighted by Crippen LogP contribution is -2.30. The van der Waals surface area contributed by atoms with Gasteiger partial charge < -0.3 is 15.6 Å². The van der Waals surface area contributed by atoms with Crippen LogP contribution in [0.5, 0.6) is 0 Å². The van der Waals surface area contributed by atoms with E-state index in [2.05, 4.69) is 9.88 Å². The average molecular weight is 233 g/mol. The maximum Gasteiger partial charge on any atom is 0.227 e. The quantitative estimate of drug-likeness (QED) is 0.760. The Labute approximate surface area is 101 Å². The standard InChI is InChI=1S/C13H19N3O/c1-9-3-6-12(16(9)2)8-15-13(17)10-4-5-11(14)7-10/h3-6,10-11H,7-8,14H2,1-2H3,(H,15,17). The maximum absolute atomic E-state index is 11.9. The van der Waals surface area contributed by atoms with Crippen LogP contribution >= 0.6 is 0 Å². The largest absolute Gasteiger partial charge is 0.350 e. The van der Waals surface area contributed by atoms with E-state index in [1.807, 2.05) is 38.3 Å². The minimum Gasteiger partial charge on any atom is -0.350 e. The molecule has 0 fully saturated rings. The van der Waals surface area contributed by atoms with Gasteiger partial charge in [-0.2, -0.15) is 0 Å². The van der Waals surface area contributed by atoms with Gasteiger partial charge in [-0.25, -0.2) is 0 Å². The van der Waals surface area contributed by atoms with Crippen molar-refractivity contribution >= 4 is 5.91 Å². The summed E-state index contributed by atoms with van der Waals surface area (Å²) in [5.41, 5.74) is 8.03. The van der Waals surface area contributed by atoms with Crippen LogP contribution in [0.25, 0.3) is 0 Å². The van der Waals surface area contributed by atoms with Gasteiger partial charge in [-0.1, -0.05) is 12.2 Å². The molecule has 1 heterocycles. The number of nitrogens with one attached hydrogen (secondary N) is 1. The fourth-order valence-corrected chi connectivity index (χ4v) is 2.07. The summed E-state index contributed by atoms with van der Waals surface area (Å²) < 4.78 is 2.08. The van der Waals surface area contributed by atoms with Crippen LogP contribution in [0, 0.1) is 12.8 Å². The van der Waals surface area contributed by atoms with Crippen molar-refractivity contribution in [3.05, 3.63) is 35.7 Å². The van der Waals surface area contributed by atoms with Crippen LogP contribution in [0.1, 0.15) is 17.8 Å². The highest BCUT2D eigenvalue weighted by Crippen LogP contribution is 2.16. The molecular weight excluding hydrogens is 214 g/mol. The number of hydrogen-bond acceptors (Lipinski definition) is 2. The van der Waals surface area contributed by atoms with E-state index in [0.717, 1.165) is 12.1 Å². The zero-order valence-electron chi connectivity index (χ0n) is 10.3. The lowest BCUT2D eigenvalue weighted by Gasteiger charge is -2.11. The molecule has 1 amide bonds. The third-order valence-corrected chi connectivity index (χ3v) is 3.37. The van der Waals surface area contributed by atoms with E-state index >= 15 is 0 Å². The predicted octanol–water partition coefficient (Wildman–Crippen LogP) is 0.853. The van der Waals surface area contributed by atoms with Crippen molar-refractivity contribution in [3.8, 4) is 0 Å². The van der Waals surface area contributed by atoms with Gasteiger partial charge in [0, 0.05) is 24.5 Å². The van der Waals surface area contributed by atoms with E-state index in [4.69, 9.17) is 5.73 Å². The zero-order valence-corrected chi connectivity index (χ0v) is 10.3. The Hall–Kier alpha value is -1.55. The molecule has 2 atom stereocenters. The first-order valence-corrected chi connectivity index (χ1v) is 5.90. The van der Waals surface area contributed by atoms with Gasteiger partial charge in [0.25, 0.3) is 0 Å². The SMILES string of the molecule is Cc1ccc(CNC(=O)C2C=CC(N)C2)n1C. The zero-order chi connectivity index (χ0) is 12.4. The summed E-state index contributed by atoms with van der Waals surface area (Å²) in [4.78, 5) is 11.9. The number of hydrogen-bond donors (Lipinski definition) is 2. The van der Waals surface area contributed by atoms with Gasteiger partial charge >= 0.3 is 0 Å². The van der Waals surface area contributed by atoms with Gasteiger partial charge in [0.15, 0.2) is 0 Å². The van der Waals surface area contributed by atoms with Crippen molar-refractivity contribution in [3.63, 3.8) is 0 Å². The fourth-order valence-electron chi connectivity index (χ4n) is 2.07. The summed E-state index contributed by atoms with van der Waals surface area (Å²) in [7, 11) is 2.00. The van der Waals surface area contributed by atoms with Crippen molar-refractivity contribution in [1.82, 2.24) is 9.88 Å². The normalized spacial score (nSPS) is 23.0. The topological polar surface area (TPSA) is 60.1 Å². The van der Waals surface area contributed by atoms with Crippen molar-refractivity contribution < 1.29 is 4.79 Å². The molecule has 0 saturated carbocycles. The first kappa shape index (κ1) is 11.9. The van der Waals surface area contributed by atoms with Crippen LogP contribution in [-0.2, 0) is 18.4 Å². The molecule has 1 aliphatic carbocycles. The number of amides is 1. The number of carbonyl (C=O) groups excluding carboxylic acids is 1. The van der Waals surface area contributed by atoms with E-state index in [9.17, 15) is 4.79 Å². The molecule has 17 heavy (non-hydrogen) atoms. The van der Waals surface area contributed by atoms with Crippen LogP contribution in [0.2, 0.25) is 0 Å². The molecule has 0 spiro atoms. The smallest absolute Gasteiger partial charge is 0.227 e. The molecule has 0 saturated heterocycles. The summed E-state index contributed by atoms with van der Waals surface area (Å²) >= 11 is 0. The van der Waals surface area contributed by atoms with Gasteiger partial charge in [0.05, 0.1) is 12.5 Å². The molecule has 3 N–H and O–H groups in total.